The lowest BCUT2D eigenvalue weighted by Crippen LogP contribution is -2.47. The van der Waals surface area contributed by atoms with Crippen LogP contribution in [-0.4, -0.2) is 65.5 Å². The van der Waals surface area contributed by atoms with E-state index in [1.807, 2.05) is 23.7 Å². The van der Waals surface area contributed by atoms with Crippen LogP contribution in [-0.2, 0) is 21.3 Å². The Labute approximate surface area is 188 Å². The lowest BCUT2D eigenvalue weighted by molar-refractivity contribution is 0.144. The number of hydrogen-bond donors (Lipinski definition) is 1. The van der Waals surface area contributed by atoms with Gasteiger partial charge in [-0.3, -0.25) is 9.11 Å². The summed E-state index contributed by atoms with van der Waals surface area (Å²) in [5, 5.41) is 4.29. The Morgan fingerprint density at radius 2 is 2.06 bits per heavy atom. The van der Waals surface area contributed by atoms with Crippen molar-refractivity contribution in [1.29, 1.82) is 0 Å². The number of aromatic nitrogens is 2. The molecule has 0 bridgehead atoms. The molecule has 1 N–H and O–H groups in total. The van der Waals surface area contributed by atoms with Gasteiger partial charge in [-0.1, -0.05) is 12.1 Å². The average Bonchev–Trinajstić information content (AvgIpc) is 3.46. The highest BCUT2D eigenvalue weighted by Crippen LogP contribution is 2.34. The number of nitrogens with zero attached hydrogens (tertiary/aromatic N) is 3. The summed E-state index contributed by atoms with van der Waals surface area (Å²) in [6, 6.07) is 12.4. The Balaban J connectivity index is 1.45. The van der Waals surface area contributed by atoms with Gasteiger partial charge in [0.25, 0.3) is 0 Å². The number of thiophene rings is 1. The number of fused-ring (bicyclic) bond motifs is 3. The van der Waals surface area contributed by atoms with E-state index in [-0.39, 0.29) is 0 Å². The summed E-state index contributed by atoms with van der Waals surface area (Å²) in [6.07, 6.45) is 1.89. The van der Waals surface area contributed by atoms with Crippen molar-refractivity contribution < 1.29 is 8.95 Å². The smallest absolute Gasteiger partial charge is 0.140 e. The third-order valence-corrected chi connectivity index (χ3v) is 8.57. The molecule has 5 rings (SSSR count). The first-order chi connectivity index (χ1) is 15.2. The minimum absolute atomic E-state index is 0.525. The standard InChI is InChI=1S/C23H26N4O2S2/c1-29-13-12-26-8-10-27(11-9-26)20-6-7-24-23-22(20)18-15-17(4-5-19(18)25-23)16-31(28)21-3-2-14-30-21/h2-7,14-15H,8-13,16H2,1H3,(H,24,25). The normalized spacial score (nSPS) is 16.4. The highest BCUT2D eigenvalue weighted by molar-refractivity contribution is 7.86. The van der Waals surface area contributed by atoms with E-state index in [4.69, 9.17) is 4.74 Å². The fourth-order valence-corrected chi connectivity index (χ4v) is 6.32. The summed E-state index contributed by atoms with van der Waals surface area (Å²) in [6.45, 7) is 5.78. The zero-order valence-electron chi connectivity index (χ0n) is 17.5. The molecule has 8 heteroatoms. The molecule has 0 radical (unpaired) electrons. The molecule has 0 spiro atoms. The van der Waals surface area contributed by atoms with Crippen LogP contribution in [0.15, 0.2) is 52.2 Å². The maximum atomic E-state index is 12.7. The fourth-order valence-electron chi connectivity index (χ4n) is 4.25. The molecule has 1 unspecified atom stereocenters. The van der Waals surface area contributed by atoms with Crippen LogP contribution in [0.3, 0.4) is 0 Å². The zero-order chi connectivity index (χ0) is 21.2. The van der Waals surface area contributed by atoms with Crippen LogP contribution >= 0.6 is 11.3 Å². The Morgan fingerprint density at radius 3 is 2.84 bits per heavy atom. The van der Waals surface area contributed by atoms with Crippen LogP contribution in [0.5, 0.6) is 0 Å². The third kappa shape index (κ3) is 4.25. The second kappa shape index (κ2) is 9.08. The number of methoxy groups -OCH3 is 1. The number of piperazine rings is 1. The molecule has 0 amide bonds. The number of nitrogens with one attached hydrogen (secondary N) is 1. The van der Waals surface area contributed by atoms with Gasteiger partial charge in [-0.15, -0.1) is 11.3 Å². The van der Waals surface area contributed by atoms with Crippen molar-refractivity contribution in [2.45, 2.75) is 9.96 Å². The number of pyridine rings is 1. The summed E-state index contributed by atoms with van der Waals surface area (Å²) >= 11 is 1.55. The van der Waals surface area contributed by atoms with E-state index < -0.39 is 10.8 Å². The molecular weight excluding hydrogens is 428 g/mol. The predicted octanol–water partition coefficient (Wildman–Crippen LogP) is 3.85. The maximum Gasteiger partial charge on any atom is 0.140 e. The van der Waals surface area contributed by atoms with E-state index >= 15 is 0 Å². The number of rotatable bonds is 7. The number of benzene rings is 1. The second-order valence-corrected chi connectivity index (χ2v) is 10.4. The first kappa shape index (κ1) is 20.6. The van der Waals surface area contributed by atoms with Crippen molar-refractivity contribution in [1.82, 2.24) is 14.9 Å². The molecule has 1 saturated heterocycles. The van der Waals surface area contributed by atoms with Crippen LogP contribution in [0.1, 0.15) is 5.56 Å². The van der Waals surface area contributed by atoms with Crippen LogP contribution in [0, 0.1) is 0 Å². The van der Waals surface area contributed by atoms with Gasteiger partial charge in [0.05, 0.1) is 33.1 Å². The molecule has 6 nitrogen and oxygen atoms in total. The quantitative estimate of drug-likeness (QED) is 0.460. The van der Waals surface area contributed by atoms with Gasteiger partial charge in [-0.05, 0) is 35.2 Å². The Kier molecular flexibility index (Phi) is 6.04. The molecular formula is C23H26N4O2S2. The maximum absolute atomic E-state index is 12.7. The summed E-state index contributed by atoms with van der Waals surface area (Å²) in [7, 11) is 0.737. The van der Waals surface area contributed by atoms with Crippen molar-refractivity contribution in [2.75, 3.05) is 51.3 Å². The van der Waals surface area contributed by atoms with Gasteiger partial charge < -0.3 is 14.6 Å². The summed E-state index contributed by atoms with van der Waals surface area (Å²) < 4.78 is 18.9. The number of ether oxygens (including phenoxy) is 1. The summed E-state index contributed by atoms with van der Waals surface area (Å²) in [4.78, 5) is 13.0. The van der Waals surface area contributed by atoms with Crippen molar-refractivity contribution in [2.24, 2.45) is 0 Å². The van der Waals surface area contributed by atoms with Gasteiger partial charge >= 0.3 is 0 Å². The Morgan fingerprint density at radius 1 is 1.19 bits per heavy atom. The van der Waals surface area contributed by atoms with Crippen molar-refractivity contribution in [3.8, 4) is 0 Å². The SMILES string of the molecule is COCCN1CCN(c2ccnc3[nH]c4ccc(CS(=O)c5cccs5)cc4c23)CC1. The Hall–Kier alpha value is -2.26. The van der Waals surface area contributed by atoms with Crippen LogP contribution in [0.2, 0.25) is 0 Å². The molecule has 0 saturated carbocycles. The first-order valence-electron chi connectivity index (χ1n) is 10.5. The zero-order valence-corrected chi connectivity index (χ0v) is 19.2. The molecule has 1 fully saturated rings. The number of aromatic amines is 1. The molecule has 0 aliphatic carbocycles. The summed E-state index contributed by atoms with van der Waals surface area (Å²) in [5.74, 6) is 0.525. The van der Waals surface area contributed by atoms with Crippen LogP contribution in [0.25, 0.3) is 21.9 Å². The van der Waals surface area contributed by atoms with Crippen molar-refractivity contribution in [3.05, 3.63) is 53.5 Å². The van der Waals surface area contributed by atoms with Crippen molar-refractivity contribution in [3.63, 3.8) is 0 Å². The largest absolute Gasteiger partial charge is 0.383 e. The topological polar surface area (TPSA) is 61.5 Å². The van der Waals surface area contributed by atoms with E-state index in [2.05, 4.69) is 44.0 Å². The highest BCUT2D eigenvalue weighted by Gasteiger charge is 2.21. The minimum Gasteiger partial charge on any atom is -0.383 e. The average molecular weight is 455 g/mol. The molecule has 4 aromatic rings. The van der Waals surface area contributed by atoms with E-state index in [1.165, 1.54) is 5.69 Å². The van der Waals surface area contributed by atoms with E-state index in [0.717, 1.165) is 71.0 Å². The molecule has 1 aliphatic heterocycles. The molecule has 4 heterocycles. The van der Waals surface area contributed by atoms with Gasteiger partial charge in [-0.25, -0.2) is 4.98 Å². The predicted molar refractivity (Wildman–Crippen MR) is 129 cm³/mol. The molecule has 1 aromatic carbocycles. The first-order valence-corrected chi connectivity index (χ1v) is 12.7. The van der Waals surface area contributed by atoms with E-state index in [9.17, 15) is 4.21 Å². The number of H-pyrrole nitrogens is 1. The molecule has 3 aromatic heterocycles. The lowest BCUT2D eigenvalue weighted by atomic mass is 10.1. The fraction of sp³-hybridized carbons (Fsp3) is 0.348. The Bertz CT molecular complexity index is 1200. The molecule has 1 atom stereocenters. The molecule has 1 aliphatic rings. The van der Waals surface area contributed by atoms with Gasteiger partial charge in [0, 0.05) is 62.3 Å². The lowest BCUT2D eigenvalue weighted by Gasteiger charge is -2.36. The minimum atomic E-state index is -1.02. The number of anilines is 1. The number of hydrogen-bond acceptors (Lipinski definition) is 6. The van der Waals surface area contributed by atoms with Gasteiger partial charge in [-0.2, -0.15) is 0 Å². The van der Waals surface area contributed by atoms with Crippen LogP contribution < -0.4 is 4.90 Å². The monoisotopic (exact) mass is 454 g/mol. The summed E-state index contributed by atoms with van der Waals surface area (Å²) in [5.41, 5.74) is 4.28. The molecule has 31 heavy (non-hydrogen) atoms. The van der Waals surface area contributed by atoms with E-state index in [1.54, 1.807) is 18.4 Å². The highest BCUT2D eigenvalue weighted by atomic mass is 32.2. The molecule has 162 valence electrons. The van der Waals surface area contributed by atoms with Gasteiger partial charge in [0.15, 0.2) is 0 Å². The second-order valence-electron chi connectivity index (χ2n) is 7.80. The third-order valence-electron chi connectivity index (χ3n) is 5.88. The van der Waals surface area contributed by atoms with Crippen molar-refractivity contribution >= 4 is 49.8 Å². The van der Waals surface area contributed by atoms with Crippen LogP contribution in [0.4, 0.5) is 5.69 Å². The van der Waals surface area contributed by atoms with Gasteiger partial charge in [0.1, 0.15) is 5.65 Å². The van der Waals surface area contributed by atoms with E-state index in [0.29, 0.717) is 5.75 Å². The van der Waals surface area contributed by atoms with Gasteiger partial charge in [0.2, 0.25) is 0 Å².